The number of rotatable bonds is 2. The van der Waals surface area contributed by atoms with E-state index in [9.17, 15) is 19.4 Å². The van der Waals surface area contributed by atoms with Crippen LogP contribution in [0.4, 0.5) is 10.1 Å². The smallest absolute Gasteiger partial charge is 0.226 e. The number of nitrogens with zero attached hydrogens (tertiary/aromatic N) is 2. The molecular formula is C19H24FN3O3S. The van der Waals surface area contributed by atoms with Crippen molar-refractivity contribution in [3.63, 3.8) is 0 Å². The van der Waals surface area contributed by atoms with E-state index in [1.165, 1.54) is 23.9 Å². The number of nitrogens with one attached hydrogen (secondary N) is 1. The van der Waals surface area contributed by atoms with Gasteiger partial charge < -0.3 is 20.4 Å². The Morgan fingerprint density at radius 2 is 1.89 bits per heavy atom. The van der Waals surface area contributed by atoms with Crippen LogP contribution in [0.15, 0.2) is 29.3 Å². The molecule has 3 aliphatic rings. The van der Waals surface area contributed by atoms with Gasteiger partial charge in [-0.1, -0.05) is 11.8 Å². The molecule has 146 valence electrons. The van der Waals surface area contributed by atoms with E-state index < -0.39 is 18.2 Å². The highest BCUT2D eigenvalue weighted by Crippen LogP contribution is 2.42. The van der Waals surface area contributed by atoms with Crippen molar-refractivity contribution in [3.05, 3.63) is 30.1 Å². The molecule has 1 amide bonds. The number of piperidine rings is 1. The van der Waals surface area contributed by atoms with Gasteiger partial charge in [0.25, 0.3) is 0 Å². The fourth-order valence-electron chi connectivity index (χ4n) is 4.10. The highest BCUT2D eigenvalue weighted by Gasteiger charge is 2.51. The molecule has 1 saturated carbocycles. The second-order valence-corrected chi connectivity index (χ2v) is 8.59. The molecule has 0 unspecified atom stereocenters. The average Bonchev–Trinajstić information content (AvgIpc) is 3.10. The first-order valence-electron chi connectivity index (χ1n) is 9.45. The van der Waals surface area contributed by atoms with Crippen LogP contribution in [-0.2, 0) is 4.79 Å². The van der Waals surface area contributed by atoms with Gasteiger partial charge in [0.05, 0.1) is 18.1 Å². The number of thioether (sulfide) groups is 1. The van der Waals surface area contributed by atoms with Gasteiger partial charge in [0.15, 0.2) is 5.17 Å². The average molecular weight is 393 g/mol. The van der Waals surface area contributed by atoms with Crippen molar-refractivity contribution in [2.75, 3.05) is 18.4 Å². The van der Waals surface area contributed by atoms with Crippen molar-refractivity contribution in [1.29, 1.82) is 0 Å². The van der Waals surface area contributed by atoms with Crippen LogP contribution in [0.5, 0.6) is 0 Å². The lowest BCUT2D eigenvalue weighted by molar-refractivity contribution is -0.141. The Morgan fingerprint density at radius 1 is 1.19 bits per heavy atom. The predicted octanol–water partition coefficient (Wildman–Crippen LogP) is 1.83. The number of amidine groups is 1. The highest BCUT2D eigenvalue weighted by molar-refractivity contribution is 8.15. The van der Waals surface area contributed by atoms with Gasteiger partial charge in [0.2, 0.25) is 5.91 Å². The standard InChI is InChI=1S/C19H24FN3O3S/c20-11-4-6-12(7-5-11)21-19-22-15-16(25)14(24)10-13(17(15)27-19)18(26)23-8-2-1-3-9-23/h4-7,13-17,24-25H,1-3,8-10H2,(H,21,22)/t13-,14+,15+,16-,17+/m0/s1. The number of aliphatic imine (C=N–C) groups is 1. The van der Waals surface area contributed by atoms with Gasteiger partial charge in [0, 0.05) is 24.0 Å². The summed E-state index contributed by atoms with van der Waals surface area (Å²) in [6.07, 6.45) is 1.48. The van der Waals surface area contributed by atoms with E-state index in [0.29, 0.717) is 10.9 Å². The molecule has 5 atom stereocenters. The summed E-state index contributed by atoms with van der Waals surface area (Å²) >= 11 is 1.43. The number of likely N-dealkylation sites (tertiary alicyclic amines) is 1. The van der Waals surface area contributed by atoms with E-state index in [2.05, 4.69) is 10.3 Å². The Labute approximate surface area is 161 Å². The molecule has 0 aromatic heterocycles. The predicted molar refractivity (Wildman–Crippen MR) is 103 cm³/mol. The number of carbonyl (C=O) groups excluding carboxylic acids is 1. The summed E-state index contributed by atoms with van der Waals surface area (Å²) in [4.78, 5) is 19.5. The fourth-order valence-corrected chi connectivity index (χ4v) is 5.47. The van der Waals surface area contributed by atoms with Crippen LogP contribution in [0.25, 0.3) is 0 Å². The molecule has 4 rings (SSSR count). The fraction of sp³-hybridized carbons (Fsp3) is 0.579. The van der Waals surface area contributed by atoms with Crippen LogP contribution in [0.2, 0.25) is 0 Å². The molecule has 2 fully saturated rings. The third-order valence-corrected chi connectivity index (χ3v) is 6.88. The molecule has 1 saturated heterocycles. The first-order valence-corrected chi connectivity index (χ1v) is 10.3. The number of aliphatic hydroxyl groups excluding tert-OH is 2. The van der Waals surface area contributed by atoms with Crippen LogP contribution in [0, 0.1) is 11.7 Å². The van der Waals surface area contributed by atoms with Crippen LogP contribution in [0.3, 0.4) is 0 Å². The van der Waals surface area contributed by atoms with E-state index in [1.54, 1.807) is 12.1 Å². The molecule has 2 heterocycles. The van der Waals surface area contributed by atoms with E-state index in [0.717, 1.165) is 32.4 Å². The molecule has 8 heteroatoms. The lowest BCUT2D eigenvalue weighted by atomic mass is 9.80. The molecule has 1 aliphatic carbocycles. The van der Waals surface area contributed by atoms with E-state index in [-0.39, 0.29) is 29.3 Å². The van der Waals surface area contributed by atoms with Crippen LogP contribution in [-0.4, -0.2) is 62.8 Å². The van der Waals surface area contributed by atoms with Crippen molar-refractivity contribution in [2.45, 2.75) is 49.2 Å². The summed E-state index contributed by atoms with van der Waals surface area (Å²) in [5.74, 6) is -0.630. The molecule has 3 N–H and O–H groups in total. The van der Waals surface area contributed by atoms with Crippen LogP contribution >= 0.6 is 11.8 Å². The summed E-state index contributed by atoms with van der Waals surface area (Å²) in [5, 5.41) is 24.2. The van der Waals surface area contributed by atoms with Crippen molar-refractivity contribution in [3.8, 4) is 0 Å². The minimum absolute atomic E-state index is 0.0568. The molecule has 1 aromatic carbocycles. The van der Waals surface area contributed by atoms with Gasteiger partial charge in [-0.05, 0) is 49.9 Å². The quantitative estimate of drug-likeness (QED) is 0.714. The first-order chi connectivity index (χ1) is 13.0. The van der Waals surface area contributed by atoms with Crippen molar-refractivity contribution >= 4 is 28.5 Å². The van der Waals surface area contributed by atoms with Gasteiger partial charge in [0.1, 0.15) is 11.9 Å². The summed E-state index contributed by atoms with van der Waals surface area (Å²) in [5.41, 5.74) is 0.690. The van der Waals surface area contributed by atoms with Crippen molar-refractivity contribution < 1.29 is 19.4 Å². The third-order valence-electron chi connectivity index (χ3n) is 5.57. The Bertz CT molecular complexity index is 723. The van der Waals surface area contributed by atoms with Crippen LogP contribution in [0.1, 0.15) is 25.7 Å². The zero-order chi connectivity index (χ0) is 19.0. The molecule has 0 spiro atoms. The maximum Gasteiger partial charge on any atom is 0.226 e. The van der Waals surface area contributed by atoms with E-state index in [4.69, 9.17) is 0 Å². The zero-order valence-corrected chi connectivity index (χ0v) is 15.7. The molecule has 1 aromatic rings. The molecule has 27 heavy (non-hydrogen) atoms. The van der Waals surface area contributed by atoms with Gasteiger partial charge in [-0.2, -0.15) is 0 Å². The maximum atomic E-state index is 13.1. The number of fused-ring (bicyclic) bond motifs is 1. The second-order valence-electron chi connectivity index (χ2n) is 7.43. The van der Waals surface area contributed by atoms with Gasteiger partial charge in [-0.25, -0.2) is 4.39 Å². The van der Waals surface area contributed by atoms with Crippen molar-refractivity contribution in [1.82, 2.24) is 4.90 Å². The molecule has 0 bridgehead atoms. The number of amides is 1. The number of anilines is 1. The Balaban J connectivity index is 1.50. The Hall–Kier alpha value is -1.64. The molecular weight excluding hydrogens is 369 g/mol. The van der Waals surface area contributed by atoms with E-state index in [1.807, 2.05) is 4.90 Å². The lowest BCUT2D eigenvalue weighted by Crippen LogP contribution is -2.55. The molecule has 2 aliphatic heterocycles. The van der Waals surface area contributed by atoms with Crippen molar-refractivity contribution in [2.24, 2.45) is 10.9 Å². The second kappa shape index (κ2) is 7.77. The largest absolute Gasteiger partial charge is 0.390 e. The zero-order valence-electron chi connectivity index (χ0n) is 14.9. The summed E-state index contributed by atoms with van der Waals surface area (Å²) in [6, 6.07) is 5.41. The molecule has 6 nitrogen and oxygen atoms in total. The number of benzene rings is 1. The first kappa shape index (κ1) is 18.7. The number of hydrogen-bond donors (Lipinski definition) is 3. The summed E-state index contributed by atoms with van der Waals surface area (Å²) in [6.45, 7) is 1.52. The lowest BCUT2D eigenvalue weighted by Gasteiger charge is -2.40. The highest BCUT2D eigenvalue weighted by atomic mass is 32.2. The minimum Gasteiger partial charge on any atom is -0.390 e. The monoisotopic (exact) mass is 393 g/mol. The Morgan fingerprint density at radius 3 is 2.59 bits per heavy atom. The molecule has 0 radical (unpaired) electrons. The minimum atomic E-state index is -0.986. The SMILES string of the molecule is O=C([C@H]1C[C@@H](O)[C@H](O)[C@H]2N=C(Nc3ccc(F)cc3)S[C@@H]21)N1CCCCC1. The van der Waals surface area contributed by atoms with E-state index >= 15 is 0 Å². The number of carbonyl (C=O) groups is 1. The van der Waals surface area contributed by atoms with Crippen LogP contribution < -0.4 is 5.32 Å². The third kappa shape index (κ3) is 3.83. The summed E-state index contributed by atoms with van der Waals surface area (Å²) in [7, 11) is 0. The van der Waals surface area contributed by atoms with Gasteiger partial charge >= 0.3 is 0 Å². The summed E-state index contributed by atoms with van der Waals surface area (Å²) < 4.78 is 13.1. The van der Waals surface area contributed by atoms with Gasteiger partial charge in [-0.15, -0.1) is 0 Å². The maximum absolute atomic E-state index is 13.1. The number of hydrogen-bond acceptors (Lipinski definition) is 6. The normalized spacial score (nSPS) is 33.4. The Kier molecular flexibility index (Phi) is 5.39. The number of halogens is 1. The topological polar surface area (TPSA) is 85.2 Å². The number of aliphatic hydroxyl groups is 2. The van der Waals surface area contributed by atoms with Gasteiger partial charge in [-0.3, -0.25) is 9.79 Å².